The van der Waals surface area contributed by atoms with E-state index in [9.17, 15) is 9.59 Å². The summed E-state index contributed by atoms with van der Waals surface area (Å²) >= 11 is 0. The van der Waals surface area contributed by atoms with Gasteiger partial charge in [0.2, 0.25) is 5.91 Å². The fourth-order valence-electron chi connectivity index (χ4n) is 3.10. The largest absolute Gasteiger partial charge is 0.484 e. The zero-order chi connectivity index (χ0) is 23.0. The molecule has 0 heterocycles. The number of carbonyl (C=O) groups is 2. The zero-order valence-electron chi connectivity index (χ0n) is 19.6. The average Bonchev–Trinajstić information content (AvgIpc) is 2.75. The maximum atomic E-state index is 13.1. The molecule has 0 saturated carbocycles. The van der Waals surface area contributed by atoms with Crippen LogP contribution in [0.5, 0.6) is 5.75 Å². The van der Waals surface area contributed by atoms with Gasteiger partial charge in [0.25, 0.3) is 5.91 Å². The molecule has 0 aliphatic heterocycles. The van der Waals surface area contributed by atoms with Crippen molar-refractivity contribution in [1.82, 2.24) is 10.2 Å². The summed E-state index contributed by atoms with van der Waals surface area (Å²) in [5, 5.41) is 2.93. The third kappa shape index (κ3) is 7.74. The van der Waals surface area contributed by atoms with Gasteiger partial charge in [0, 0.05) is 13.1 Å². The van der Waals surface area contributed by atoms with Crippen molar-refractivity contribution in [2.75, 3.05) is 13.2 Å². The van der Waals surface area contributed by atoms with Crippen LogP contribution in [0.3, 0.4) is 0 Å². The second kappa shape index (κ2) is 11.5. The van der Waals surface area contributed by atoms with Crippen LogP contribution in [0.25, 0.3) is 0 Å². The van der Waals surface area contributed by atoms with Crippen LogP contribution < -0.4 is 10.1 Å². The summed E-state index contributed by atoms with van der Waals surface area (Å²) in [4.78, 5) is 27.3. The van der Waals surface area contributed by atoms with Gasteiger partial charge in [-0.3, -0.25) is 9.59 Å². The Balaban J connectivity index is 2.10. The predicted molar refractivity (Wildman–Crippen MR) is 125 cm³/mol. The summed E-state index contributed by atoms with van der Waals surface area (Å²) in [6.07, 6.45) is 0. The number of amides is 2. The molecule has 0 bridgehead atoms. The lowest BCUT2D eigenvalue weighted by Gasteiger charge is -2.29. The first kappa shape index (κ1) is 24.4. The van der Waals surface area contributed by atoms with Crippen molar-refractivity contribution in [3.8, 4) is 5.75 Å². The van der Waals surface area contributed by atoms with Gasteiger partial charge in [-0.2, -0.15) is 0 Å². The molecule has 168 valence electrons. The van der Waals surface area contributed by atoms with Gasteiger partial charge in [-0.15, -0.1) is 0 Å². The Hall–Kier alpha value is -2.82. The fourth-order valence-corrected chi connectivity index (χ4v) is 3.10. The quantitative estimate of drug-likeness (QED) is 0.602. The Morgan fingerprint density at radius 3 is 2.10 bits per heavy atom. The van der Waals surface area contributed by atoms with Crippen molar-refractivity contribution < 1.29 is 14.3 Å². The molecule has 31 heavy (non-hydrogen) atoms. The van der Waals surface area contributed by atoms with Crippen molar-refractivity contribution >= 4 is 11.8 Å². The summed E-state index contributed by atoms with van der Waals surface area (Å²) in [6.45, 7) is 12.9. The van der Waals surface area contributed by atoms with Crippen molar-refractivity contribution in [3.05, 3.63) is 65.2 Å². The van der Waals surface area contributed by atoms with Gasteiger partial charge in [0.15, 0.2) is 6.61 Å². The molecule has 1 N–H and O–H groups in total. The number of nitrogens with one attached hydrogen (secondary N) is 1. The molecular formula is C26H36N2O3. The van der Waals surface area contributed by atoms with Crippen LogP contribution in [-0.2, 0) is 16.1 Å². The first-order valence-electron chi connectivity index (χ1n) is 11.0. The van der Waals surface area contributed by atoms with Crippen molar-refractivity contribution in [2.24, 2.45) is 5.92 Å². The monoisotopic (exact) mass is 424 g/mol. The standard InChI is InChI=1S/C26H36N2O3/c1-18(2)15-27-26(30)21(6)28(16-22-9-7-20(5)8-10-22)25(29)17-31-24-13-11-23(12-14-24)19(3)4/h7-14,18-19,21H,15-17H2,1-6H3,(H,27,30)/t21-/m1/s1. The number of hydrogen-bond donors (Lipinski definition) is 1. The van der Waals surface area contributed by atoms with Gasteiger partial charge in [-0.05, 0) is 48.9 Å². The number of ether oxygens (including phenoxy) is 1. The predicted octanol–water partition coefficient (Wildman–Crippen LogP) is 4.69. The first-order valence-corrected chi connectivity index (χ1v) is 11.0. The number of hydrogen-bond acceptors (Lipinski definition) is 3. The zero-order valence-corrected chi connectivity index (χ0v) is 19.6. The minimum Gasteiger partial charge on any atom is -0.484 e. The topological polar surface area (TPSA) is 58.6 Å². The lowest BCUT2D eigenvalue weighted by atomic mass is 10.0. The highest BCUT2D eigenvalue weighted by atomic mass is 16.5. The van der Waals surface area contributed by atoms with Gasteiger partial charge in [-0.25, -0.2) is 0 Å². The van der Waals surface area contributed by atoms with Crippen LogP contribution in [0.4, 0.5) is 0 Å². The third-order valence-electron chi connectivity index (χ3n) is 5.23. The Bertz CT molecular complexity index is 842. The Kier molecular flexibility index (Phi) is 9.10. The van der Waals surface area contributed by atoms with E-state index in [4.69, 9.17) is 4.74 Å². The van der Waals surface area contributed by atoms with E-state index in [0.717, 1.165) is 11.1 Å². The van der Waals surface area contributed by atoms with Gasteiger partial charge < -0.3 is 15.0 Å². The third-order valence-corrected chi connectivity index (χ3v) is 5.23. The molecule has 2 amide bonds. The van der Waals surface area contributed by atoms with E-state index in [2.05, 4.69) is 19.2 Å². The number of nitrogens with zero attached hydrogens (tertiary/aromatic N) is 1. The maximum absolute atomic E-state index is 13.1. The molecular weight excluding hydrogens is 388 g/mol. The molecule has 1 atom stereocenters. The van der Waals surface area contributed by atoms with Crippen molar-refractivity contribution in [2.45, 2.75) is 60.0 Å². The molecule has 0 unspecified atom stereocenters. The van der Waals surface area contributed by atoms with Crippen LogP contribution in [0.2, 0.25) is 0 Å². The van der Waals surface area contributed by atoms with E-state index in [-0.39, 0.29) is 18.4 Å². The lowest BCUT2D eigenvalue weighted by molar-refractivity contribution is -0.142. The lowest BCUT2D eigenvalue weighted by Crippen LogP contribution is -2.49. The molecule has 0 aliphatic carbocycles. The molecule has 2 aromatic rings. The molecule has 5 heteroatoms. The van der Waals surface area contributed by atoms with E-state index < -0.39 is 6.04 Å². The molecule has 5 nitrogen and oxygen atoms in total. The molecule has 0 fully saturated rings. The number of aryl methyl sites for hydroxylation is 1. The Morgan fingerprint density at radius 2 is 1.55 bits per heavy atom. The molecule has 0 radical (unpaired) electrons. The van der Waals surface area contributed by atoms with Crippen LogP contribution in [-0.4, -0.2) is 35.9 Å². The second-order valence-corrected chi connectivity index (χ2v) is 8.83. The maximum Gasteiger partial charge on any atom is 0.261 e. The van der Waals surface area contributed by atoms with Gasteiger partial charge in [0.05, 0.1) is 0 Å². The average molecular weight is 425 g/mol. The summed E-state index contributed by atoms with van der Waals surface area (Å²) in [5.74, 6) is 1.04. The van der Waals surface area contributed by atoms with Gasteiger partial charge in [0.1, 0.15) is 11.8 Å². The number of carbonyl (C=O) groups excluding carboxylic acids is 2. The normalized spacial score (nSPS) is 12.0. The van der Waals surface area contributed by atoms with E-state index in [1.165, 1.54) is 5.56 Å². The minimum atomic E-state index is -0.598. The smallest absolute Gasteiger partial charge is 0.261 e. The van der Waals surface area contributed by atoms with E-state index in [1.54, 1.807) is 11.8 Å². The SMILES string of the molecule is Cc1ccc(CN(C(=O)COc2ccc(C(C)C)cc2)[C@H](C)C(=O)NCC(C)C)cc1. The summed E-state index contributed by atoms with van der Waals surface area (Å²) in [7, 11) is 0. The molecule has 0 spiro atoms. The van der Waals surface area contributed by atoms with Crippen molar-refractivity contribution in [1.29, 1.82) is 0 Å². The number of rotatable bonds is 10. The molecule has 2 rings (SSSR count). The molecule has 2 aromatic carbocycles. The van der Waals surface area contributed by atoms with Crippen LogP contribution >= 0.6 is 0 Å². The van der Waals surface area contributed by atoms with Gasteiger partial charge in [-0.1, -0.05) is 69.7 Å². The molecule has 0 saturated heterocycles. The van der Waals surface area contributed by atoms with Crippen LogP contribution in [0.15, 0.2) is 48.5 Å². The second-order valence-electron chi connectivity index (χ2n) is 8.83. The Labute approximate surface area is 186 Å². The van der Waals surface area contributed by atoms with E-state index >= 15 is 0 Å². The number of benzene rings is 2. The summed E-state index contributed by atoms with van der Waals surface area (Å²) < 4.78 is 5.75. The minimum absolute atomic E-state index is 0.116. The van der Waals surface area contributed by atoms with E-state index in [0.29, 0.717) is 30.7 Å². The highest BCUT2D eigenvalue weighted by Crippen LogP contribution is 2.19. The molecule has 0 aromatic heterocycles. The van der Waals surface area contributed by atoms with Crippen LogP contribution in [0, 0.1) is 12.8 Å². The summed E-state index contributed by atoms with van der Waals surface area (Å²) in [5.41, 5.74) is 3.34. The van der Waals surface area contributed by atoms with Crippen LogP contribution in [0.1, 0.15) is 57.2 Å². The first-order chi connectivity index (χ1) is 14.7. The molecule has 0 aliphatic rings. The summed E-state index contributed by atoms with van der Waals surface area (Å²) in [6, 6.07) is 15.2. The van der Waals surface area contributed by atoms with E-state index in [1.807, 2.05) is 69.3 Å². The highest BCUT2D eigenvalue weighted by Gasteiger charge is 2.26. The van der Waals surface area contributed by atoms with Crippen molar-refractivity contribution in [3.63, 3.8) is 0 Å². The van der Waals surface area contributed by atoms with Gasteiger partial charge >= 0.3 is 0 Å². The Morgan fingerprint density at radius 1 is 0.935 bits per heavy atom. The fraction of sp³-hybridized carbons (Fsp3) is 0.462. The highest BCUT2D eigenvalue weighted by molar-refractivity contribution is 5.87.